The lowest BCUT2D eigenvalue weighted by atomic mass is 9.85. The first-order valence-electron chi connectivity index (χ1n) is 9.18. The molecule has 0 bridgehead atoms. The maximum absolute atomic E-state index is 13.4. The summed E-state index contributed by atoms with van der Waals surface area (Å²) in [5.74, 6) is -1.47. The molecule has 2 aromatic rings. The van der Waals surface area contributed by atoms with E-state index in [1.165, 1.54) is 24.9 Å². The number of piperidine rings is 1. The number of alkyl halides is 3. The summed E-state index contributed by atoms with van der Waals surface area (Å²) in [4.78, 5) is 17.4. The molecule has 1 aromatic heterocycles. The topological polar surface area (TPSA) is 67.3 Å². The van der Waals surface area contributed by atoms with Crippen LogP contribution < -0.4 is 4.90 Å². The number of amides is 1. The Morgan fingerprint density at radius 3 is 2.43 bits per heavy atom. The van der Waals surface area contributed by atoms with Crippen molar-refractivity contribution in [3.63, 3.8) is 0 Å². The quantitative estimate of drug-likeness (QED) is 0.662. The number of anilines is 1. The predicted octanol–water partition coefficient (Wildman–Crippen LogP) is 4.24. The number of pyridine rings is 1. The highest BCUT2D eigenvalue weighted by Crippen LogP contribution is 2.40. The minimum absolute atomic E-state index is 0.126. The smallest absolute Gasteiger partial charge is 0.297 e. The van der Waals surface area contributed by atoms with Crippen LogP contribution in [0.25, 0.3) is 0 Å². The second-order valence-corrected chi connectivity index (χ2v) is 10.2. The summed E-state index contributed by atoms with van der Waals surface area (Å²) in [6.45, 7) is 2.95. The van der Waals surface area contributed by atoms with Gasteiger partial charge in [0, 0.05) is 25.2 Å². The zero-order valence-corrected chi connectivity index (χ0v) is 17.1. The molecule has 10 heteroatoms. The molecule has 0 radical (unpaired) electrons. The summed E-state index contributed by atoms with van der Waals surface area (Å²) in [5, 5.41) is 0. The van der Waals surface area contributed by atoms with Crippen molar-refractivity contribution in [2.24, 2.45) is 5.92 Å². The number of hydrogen-bond donors (Lipinski definition) is 0. The van der Waals surface area contributed by atoms with E-state index in [1.807, 2.05) is 0 Å². The van der Waals surface area contributed by atoms with Crippen molar-refractivity contribution in [2.75, 3.05) is 11.4 Å². The van der Waals surface area contributed by atoms with E-state index in [0.29, 0.717) is 6.07 Å². The van der Waals surface area contributed by atoms with Crippen molar-refractivity contribution in [1.82, 2.24) is 4.98 Å². The predicted molar refractivity (Wildman–Crippen MR) is 102 cm³/mol. The van der Waals surface area contributed by atoms with E-state index in [1.54, 1.807) is 0 Å². The molecule has 1 aliphatic heterocycles. The minimum atomic E-state index is -4.67. The Morgan fingerprint density at radius 1 is 1.13 bits per heavy atom. The number of hydrogen-bond acceptors (Lipinski definition) is 4. The van der Waals surface area contributed by atoms with Gasteiger partial charge >= 0.3 is 6.18 Å². The van der Waals surface area contributed by atoms with Gasteiger partial charge in [0.05, 0.1) is 15.2 Å². The number of aromatic nitrogens is 1. The standard InChI is InChI=1S/C20H20F4N2O3S/c1-19(2,30(28,29)16-5-3-4-14(10-16)20(22,23)24)13-7-9-26(18(27)11-13)17-12-15(21)6-8-25-17/h3-6,8,10,12-13H,7,9,11H2,1-2H3. The van der Waals surface area contributed by atoms with Crippen molar-refractivity contribution >= 4 is 21.6 Å². The Morgan fingerprint density at radius 2 is 1.83 bits per heavy atom. The lowest BCUT2D eigenvalue weighted by Gasteiger charge is -2.39. The molecule has 2 heterocycles. The van der Waals surface area contributed by atoms with Crippen LogP contribution in [0.1, 0.15) is 32.3 Å². The maximum Gasteiger partial charge on any atom is 0.416 e. The average molecular weight is 444 g/mol. The van der Waals surface area contributed by atoms with Gasteiger partial charge in [-0.25, -0.2) is 17.8 Å². The molecule has 1 aromatic carbocycles. The van der Waals surface area contributed by atoms with Gasteiger partial charge in [-0.05, 0) is 50.5 Å². The molecule has 162 valence electrons. The van der Waals surface area contributed by atoms with E-state index >= 15 is 0 Å². The normalized spacial score (nSPS) is 18.5. The molecular weight excluding hydrogens is 424 g/mol. The SMILES string of the molecule is CC(C)(C1CCN(c2cc(F)ccn2)C(=O)C1)S(=O)(=O)c1cccc(C(F)(F)F)c1. The fraction of sp³-hybridized carbons (Fsp3) is 0.400. The third-order valence-corrected chi connectivity index (χ3v) is 8.15. The Balaban J connectivity index is 1.86. The van der Waals surface area contributed by atoms with Gasteiger partial charge in [0.25, 0.3) is 0 Å². The lowest BCUT2D eigenvalue weighted by Crippen LogP contribution is -2.48. The highest BCUT2D eigenvalue weighted by atomic mass is 32.2. The van der Waals surface area contributed by atoms with E-state index in [0.717, 1.165) is 30.3 Å². The summed E-state index contributed by atoms with van der Waals surface area (Å²) in [5.41, 5.74) is -1.05. The molecule has 0 aliphatic carbocycles. The highest BCUT2D eigenvalue weighted by molar-refractivity contribution is 7.92. The van der Waals surface area contributed by atoms with Crippen molar-refractivity contribution in [3.8, 4) is 0 Å². The van der Waals surface area contributed by atoms with Gasteiger partial charge in [0.2, 0.25) is 5.91 Å². The van der Waals surface area contributed by atoms with Gasteiger partial charge in [-0.3, -0.25) is 9.69 Å². The van der Waals surface area contributed by atoms with Crippen LogP contribution >= 0.6 is 0 Å². The molecule has 1 aliphatic rings. The molecule has 1 unspecified atom stereocenters. The number of nitrogens with zero attached hydrogens (tertiary/aromatic N) is 2. The first kappa shape index (κ1) is 22.2. The molecule has 3 rings (SSSR count). The van der Waals surface area contributed by atoms with Gasteiger partial charge in [-0.1, -0.05) is 6.07 Å². The summed E-state index contributed by atoms with van der Waals surface area (Å²) in [7, 11) is -4.18. The van der Waals surface area contributed by atoms with Crippen molar-refractivity contribution in [2.45, 2.75) is 42.5 Å². The first-order chi connectivity index (χ1) is 13.8. The Labute approximate surface area is 171 Å². The number of sulfone groups is 1. The van der Waals surface area contributed by atoms with Crippen LogP contribution in [0.2, 0.25) is 0 Å². The molecule has 1 amide bonds. The molecule has 30 heavy (non-hydrogen) atoms. The van der Waals surface area contributed by atoms with Crippen LogP contribution in [0.15, 0.2) is 47.5 Å². The van der Waals surface area contributed by atoms with E-state index < -0.39 is 48.9 Å². The summed E-state index contributed by atoms with van der Waals surface area (Å²) in [6, 6.07) is 5.86. The van der Waals surface area contributed by atoms with Gasteiger partial charge < -0.3 is 0 Å². The zero-order chi connectivity index (χ0) is 22.3. The minimum Gasteiger partial charge on any atom is -0.297 e. The molecule has 1 atom stereocenters. The number of carbonyl (C=O) groups excluding carboxylic acids is 1. The monoisotopic (exact) mass is 444 g/mol. The molecule has 0 saturated carbocycles. The van der Waals surface area contributed by atoms with Gasteiger partial charge in [-0.2, -0.15) is 13.2 Å². The molecule has 0 spiro atoms. The maximum atomic E-state index is 13.4. The molecule has 5 nitrogen and oxygen atoms in total. The van der Waals surface area contributed by atoms with Gasteiger partial charge in [-0.15, -0.1) is 0 Å². The van der Waals surface area contributed by atoms with Crippen molar-refractivity contribution < 1.29 is 30.8 Å². The van der Waals surface area contributed by atoms with Crippen LogP contribution in [0.5, 0.6) is 0 Å². The Hall–Kier alpha value is -2.49. The molecule has 1 fully saturated rings. The largest absolute Gasteiger partial charge is 0.416 e. The van der Waals surface area contributed by atoms with Crippen LogP contribution in [-0.4, -0.2) is 30.6 Å². The second kappa shape index (κ2) is 7.64. The van der Waals surface area contributed by atoms with Crippen LogP contribution in [0.4, 0.5) is 23.4 Å². The zero-order valence-electron chi connectivity index (χ0n) is 16.3. The number of carbonyl (C=O) groups is 1. The van der Waals surface area contributed by atoms with Crippen LogP contribution in [-0.2, 0) is 20.8 Å². The van der Waals surface area contributed by atoms with Crippen LogP contribution in [0.3, 0.4) is 0 Å². The van der Waals surface area contributed by atoms with E-state index in [4.69, 9.17) is 0 Å². The Kier molecular flexibility index (Phi) is 5.66. The highest BCUT2D eigenvalue weighted by Gasteiger charge is 2.46. The average Bonchev–Trinajstić information content (AvgIpc) is 2.67. The number of rotatable bonds is 4. The third-order valence-electron chi connectivity index (χ3n) is 5.55. The van der Waals surface area contributed by atoms with Crippen molar-refractivity contribution in [1.29, 1.82) is 0 Å². The van der Waals surface area contributed by atoms with E-state index in [2.05, 4.69) is 4.98 Å². The fourth-order valence-corrected chi connectivity index (χ4v) is 5.36. The summed E-state index contributed by atoms with van der Waals surface area (Å²) < 4.78 is 77.3. The lowest BCUT2D eigenvalue weighted by molar-refractivity contribution is -0.137. The summed E-state index contributed by atoms with van der Waals surface area (Å²) >= 11 is 0. The number of benzene rings is 1. The molecular formula is C20H20F4N2O3S. The Bertz CT molecular complexity index is 1070. The number of halogens is 4. The van der Waals surface area contributed by atoms with E-state index in [-0.39, 0.29) is 25.2 Å². The van der Waals surface area contributed by atoms with Gasteiger partial charge in [0.1, 0.15) is 11.6 Å². The first-order valence-corrected chi connectivity index (χ1v) is 10.7. The van der Waals surface area contributed by atoms with Crippen LogP contribution in [0, 0.1) is 11.7 Å². The third kappa shape index (κ3) is 4.05. The fourth-order valence-electron chi connectivity index (χ4n) is 3.57. The molecule has 1 saturated heterocycles. The van der Waals surface area contributed by atoms with Gasteiger partial charge in [0.15, 0.2) is 9.84 Å². The van der Waals surface area contributed by atoms with Crippen molar-refractivity contribution in [3.05, 3.63) is 54.0 Å². The molecule has 0 N–H and O–H groups in total. The summed E-state index contributed by atoms with van der Waals surface area (Å²) in [6.07, 6.45) is -3.32. The second-order valence-electron chi connectivity index (χ2n) is 7.70. The van der Waals surface area contributed by atoms with E-state index in [9.17, 15) is 30.8 Å².